The molecule has 2 atom stereocenters. The standard InChI is InChI=1S/C32H43N7O5/c1-21-6-5-7-26-25(21)10-13-39(30(26)43-18-24-16-33-20-44-24)17-23(40)15-34-29(41)27-14-28(36-19-35-27)37-22-8-11-38(12-9-22)31(42)32(2,3)4/h5-7,14,16,19-20,22-23,30,40H,8-13,15,17-18H2,1-4H3,(H,34,41)(H,35,36,37)/t23-,30?/m0/s1. The summed E-state index contributed by atoms with van der Waals surface area (Å²) in [6.07, 6.45) is 5.58. The minimum absolute atomic E-state index is 0.0534. The fourth-order valence-electron chi connectivity index (χ4n) is 5.83. The molecule has 1 fully saturated rings. The predicted octanol–water partition coefficient (Wildman–Crippen LogP) is 3.09. The van der Waals surface area contributed by atoms with Gasteiger partial charge in [-0.1, -0.05) is 39.0 Å². The summed E-state index contributed by atoms with van der Waals surface area (Å²) in [5, 5.41) is 17.1. The number of aliphatic hydroxyl groups excluding tert-OH is 1. The van der Waals surface area contributed by atoms with Gasteiger partial charge >= 0.3 is 0 Å². The van der Waals surface area contributed by atoms with Crippen molar-refractivity contribution in [3.63, 3.8) is 0 Å². The first-order valence-electron chi connectivity index (χ1n) is 15.2. The number of β-amino-alcohol motifs (C(OH)–C–C–N with tert-alkyl or cyclic N) is 1. The first-order valence-corrected chi connectivity index (χ1v) is 15.2. The van der Waals surface area contributed by atoms with E-state index in [2.05, 4.69) is 49.5 Å². The van der Waals surface area contributed by atoms with Crippen LogP contribution in [0.15, 0.2) is 47.6 Å². The number of rotatable bonds is 10. The van der Waals surface area contributed by atoms with Gasteiger partial charge in [0.15, 0.2) is 6.39 Å². The molecular weight excluding hydrogens is 562 g/mol. The summed E-state index contributed by atoms with van der Waals surface area (Å²) >= 11 is 0. The molecule has 2 aliphatic heterocycles. The van der Waals surface area contributed by atoms with Crippen LogP contribution in [-0.4, -0.2) is 86.5 Å². The average Bonchev–Trinajstić information content (AvgIpc) is 3.53. The molecule has 4 heterocycles. The number of benzene rings is 1. The number of fused-ring (bicyclic) bond motifs is 1. The molecule has 3 aromatic rings. The van der Waals surface area contributed by atoms with E-state index in [1.54, 1.807) is 12.3 Å². The van der Waals surface area contributed by atoms with Crippen LogP contribution in [-0.2, 0) is 22.6 Å². The van der Waals surface area contributed by atoms with Gasteiger partial charge in [0.25, 0.3) is 5.91 Å². The van der Waals surface area contributed by atoms with Crippen LogP contribution in [0.3, 0.4) is 0 Å². The molecular formula is C32H43N7O5. The number of aryl methyl sites for hydroxylation is 1. The van der Waals surface area contributed by atoms with Gasteiger partial charge in [-0.2, -0.15) is 0 Å². The number of oxazole rings is 1. The minimum Gasteiger partial charge on any atom is -0.446 e. The number of hydrogen-bond acceptors (Lipinski definition) is 10. The third kappa shape index (κ3) is 7.79. The Morgan fingerprint density at radius 2 is 1.98 bits per heavy atom. The molecule has 0 saturated carbocycles. The van der Waals surface area contributed by atoms with E-state index in [4.69, 9.17) is 9.15 Å². The number of anilines is 1. The molecule has 0 bridgehead atoms. The number of nitrogens with zero attached hydrogens (tertiary/aromatic N) is 5. The maximum absolute atomic E-state index is 13.0. The van der Waals surface area contributed by atoms with Crippen LogP contribution in [0.4, 0.5) is 5.82 Å². The van der Waals surface area contributed by atoms with Crippen molar-refractivity contribution >= 4 is 17.6 Å². The zero-order chi connectivity index (χ0) is 31.3. The van der Waals surface area contributed by atoms with E-state index in [0.29, 0.717) is 37.8 Å². The summed E-state index contributed by atoms with van der Waals surface area (Å²) in [7, 11) is 0. The predicted molar refractivity (Wildman–Crippen MR) is 164 cm³/mol. The van der Waals surface area contributed by atoms with E-state index >= 15 is 0 Å². The fraction of sp³-hybridized carbons (Fsp3) is 0.531. The van der Waals surface area contributed by atoms with Gasteiger partial charge in [-0.05, 0) is 42.9 Å². The van der Waals surface area contributed by atoms with Gasteiger partial charge in [-0.3, -0.25) is 14.5 Å². The molecule has 2 aliphatic rings. The molecule has 1 unspecified atom stereocenters. The molecule has 5 rings (SSSR count). The summed E-state index contributed by atoms with van der Waals surface area (Å²) in [5.41, 5.74) is 3.36. The molecule has 1 saturated heterocycles. The molecule has 44 heavy (non-hydrogen) atoms. The number of nitrogens with one attached hydrogen (secondary N) is 2. The lowest BCUT2D eigenvalue weighted by Crippen LogP contribution is -2.46. The first kappa shape index (κ1) is 31.6. The van der Waals surface area contributed by atoms with Crippen molar-refractivity contribution < 1.29 is 23.8 Å². The van der Waals surface area contributed by atoms with Crippen molar-refractivity contribution in [3.05, 3.63) is 71.3 Å². The molecule has 0 radical (unpaired) electrons. The second-order valence-corrected chi connectivity index (χ2v) is 12.6. The molecule has 2 aromatic heterocycles. The summed E-state index contributed by atoms with van der Waals surface area (Å²) in [6.45, 7) is 10.6. The summed E-state index contributed by atoms with van der Waals surface area (Å²) < 4.78 is 11.6. The quantitative estimate of drug-likeness (QED) is 0.315. The van der Waals surface area contributed by atoms with Crippen LogP contribution in [0.5, 0.6) is 0 Å². The molecule has 3 N–H and O–H groups in total. The summed E-state index contributed by atoms with van der Waals surface area (Å²) in [4.78, 5) is 41.9. The van der Waals surface area contributed by atoms with Crippen molar-refractivity contribution in [1.82, 2.24) is 30.1 Å². The summed E-state index contributed by atoms with van der Waals surface area (Å²) in [6, 6.07) is 7.93. The lowest BCUT2D eigenvalue weighted by molar-refractivity contribution is -0.140. The third-order valence-corrected chi connectivity index (χ3v) is 8.18. The summed E-state index contributed by atoms with van der Waals surface area (Å²) in [5.74, 6) is 0.948. The number of hydrogen-bond donors (Lipinski definition) is 3. The van der Waals surface area contributed by atoms with E-state index in [9.17, 15) is 14.7 Å². The highest BCUT2D eigenvalue weighted by atomic mass is 16.5. The van der Waals surface area contributed by atoms with Crippen LogP contribution in [0.25, 0.3) is 0 Å². The largest absolute Gasteiger partial charge is 0.446 e. The second-order valence-electron chi connectivity index (χ2n) is 12.6. The van der Waals surface area contributed by atoms with Crippen LogP contribution in [0, 0.1) is 12.3 Å². The Morgan fingerprint density at radius 1 is 1.18 bits per heavy atom. The van der Waals surface area contributed by atoms with Crippen molar-refractivity contribution in [2.75, 3.05) is 38.0 Å². The van der Waals surface area contributed by atoms with Gasteiger partial charge in [0.1, 0.15) is 36.4 Å². The lowest BCUT2D eigenvalue weighted by atomic mass is 9.93. The number of amides is 2. The van der Waals surface area contributed by atoms with E-state index in [1.807, 2.05) is 31.7 Å². The van der Waals surface area contributed by atoms with Crippen LogP contribution in [0.2, 0.25) is 0 Å². The highest BCUT2D eigenvalue weighted by Crippen LogP contribution is 2.33. The Labute approximate surface area is 258 Å². The number of likely N-dealkylation sites (tertiary alicyclic amines) is 1. The normalized spacial score (nSPS) is 18.5. The van der Waals surface area contributed by atoms with Gasteiger partial charge in [0, 0.05) is 50.2 Å². The Hall–Kier alpha value is -3.87. The van der Waals surface area contributed by atoms with Crippen molar-refractivity contribution in [3.8, 4) is 0 Å². The Balaban J connectivity index is 1.13. The molecule has 0 aliphatic carbocycles. The highest BCUT2D eigenvalue weighted by Gasteiger charge is 2.32. The number of ether oxygens (including phenoxy) is 1. The maximum atomic E-state index is 13.0. The minimum atomic E-state index is -0.831. The lowest BCUT2D eigenvalue weighted by Gasteiger charge is -2.38. The zero-order valence-electron chi connectivity index (χ0n) is 26.0. The van der Waals surface area contributed by atoms with Crippen LogP contribution >= 0.6 is 0 Å². The fourth-order valence-corrected chi connectivity index (χ4v) is 5.83. The van der Waals surface area contributed by atoms with E-state index in [1.165, 1.54) is 23.8 Å². The Kier molecular flexibility index (Phi) is 9.92. The highest BCUT2D eigenvalue weighted by molar-refractivity contribution is 5.92. The van der Waals surface area contributed by atoms with Gasteiger partial charge in [0.2, 0.25) is 5.91 Å². The number of aromatic nitrogens is 3. The smallest absolute Gasteiger partial charge is 0.270 e. The molecule has 2 amide bonds. The monoisotopic (exact) mass is 605 g/mol. The van der Waals surface area contributed by atoms with Crippen molar-refractivity contribution in [2.45, 2.75) is 71.9 Å². The van der Waals surface area contributed by atoms with Crippen LogP contribution < -0.4 is 10.6 Å². The molecule has 236 valence electrons. The number of aliphatic hydroxyl groups is 1. The topological polar surface area (TPSA) is 146 Å². The van der Waals surface area contributed by atoms with Gasteiger partial charge in [0.05, 0.1) is 12.3 Å². The number of carbonyl (C=O) groups excluding carboxylic acids is 2. The SMILES string of the molecule is Cc1cccc2c1CCN(C[C@@H](O)CNC(=O)c1cc(NC3CCN(C(=O)C(C)(C)C)CC3)ncn1)C2OCc1cnco1. The van der Waals surface area contributed by atoms with Crippen molar-refractivity contribution in [2.24, 2.45) is 5.41 Å². The van der Waals surface area contributed by atoms with E-state index < -0.39 is 17.4 Å². The second kappa shape index (κ2) is 13.8. The first-order chi connectivity index (χ1) is 21.1. The van der Waals surface area contributed by atoms with Crippen molar-refractivity contribution in [1.29, 1.82) is 0 Å². The Morgan fingerprint density at radius 3 is 2.70 bits per heavy atom. The van der Waals surface area contributed by atoms with Gasteiger partial charge < -0.3 is 29.8 Å². The molecule has 0 spiro atoms. The average molecular weight is 606 g/mol. The van der Waals surface area contributed by atoms with Gasteiger partial charge in [-0.25, -0.2) is 15.0 Å². The molecule has 12 heteroatoms. The van der Waals surface area contributed by atoms with E-state index in [0.717, 1.165) is 24.8 Å². The maximum Gasteiger partial charge on any atom is 0.270 e. The number of carbonyl (C=O) groups is 2. The Bertz CT molecular complexity index is 1420. The van der Waals surface area contributed by atoms with Gasteiger partial charge in [-0.15, -0.1) is 0 Å². The van der Waals surface area contributed by atoms with E-state index in [-0.39, 0.29) is 37.0 Å². The molecule has 12 nitrogen and oxygen atoms in total. The molecule has 1 aromatic carbocycles. The third-order valence-electron chi connectivity index (χ3n) is 8.18. The number of piperidine rings is 1. The zero-order valence-corrected chi connectivity index (χ0v) is 26.0. The van der Waals surface area contributed by atoms with Crippen LogP contribution in [0.1, 0.15) is 72.8 Å².